The van der Waals surface area contributed by atoms with E-state index in [0.717, 1.165) is 0 Å². The highest BCUT2D eigenvalue weighted by molar-refractivity contribution is 5.49. The van der Waals surface area contributed by atoms with Crippen molar-refractivity contribution in [1.29, 1.82) is 0 Å². The number of allylic oxidation sites excluding steroid dienone is 4. The standard InChI is InChI=1S/C8H4F8/c1-3-4(2-5(9)8(14,15)16)7(12,13)6(3,10)11/h2H,1H3/b5-2-. The molecule has 0 aromatic heterocycles. The van der Waals surface area contributed by atoms with Crippen molar-refractivity contribution in [3.63, 3.8) is 0 Å². The molecule has 0 aliphatic heterocycles. The zero-order chi connectivity index (χ0) is 12.9. The van der Waals surface area contributed by atoms with E-state index >= 15 is 0 Å². The maximum atomic E-state index is 12.6. The Morgan fingerprint density at radius 2 is 1.50 bits per heavy atom. The Balaban J connectivity index is 3.16. The van der Waals surface area contributed by atoms with Crippen molar-refractivity contribution in [3.05, 3.63) is 23.0 Å². The summed E-state index contributed by atoms with van der Waals surface area (Å²) in [6.45, 7) is 0.521. The second-order valence-electron chi connectivity index (χ2n) is 3.18. The van der Waals surface area contributed by atoms with Crippen LogP contribution in [0.2, 0.25) is 0 Å². The first-order chi connectivity index (χ1) is 6.92. The van der Waals surface area contributed by atoms with Crippen LogP contribution in [-0.2, 0) is 0 Å². The summed E-state index contributed by atoms with van der Waals surface area (Å²) in [7, 11) is 0. The van der Waals surface area contributed by atoms with Crippen LogP contribution in [0.4, 0.5) is 35.1 Å². The topological polar surface area (TPSA) is 0 Å². The first kappa shape index (κ1) is 13.0. The van der Waals surface area contributed by atoms with Gasteiger partial charge in [-0.15, -0.1) is 0 Å². The third kappa shape index (κ3) is 1.60. The van der Waals surface area contributed by atoms with E-state index in [4.69, 9.17) is 0 Å². The molecule has 0 radical (unpaired) electrons. The molecule has 0 aromatic rings. The summed E-state index contributed by atoms with van der Waals surface area (Å²) in [5.74, 6) is -12.1. The number of hydrogen-bond acceptors (Lipinski definition) is 0. The summed E-state index contributed by atoms with van der Waals surface area (Å²) < 4.78 is 97.3. The van der Waals surface area contributed by atoms with Gasteiger partial charge < -0.3 is 0 Å². The lowest BCUT2D eigenvalue weighted by atomic mass is 9.80. The first-order valence-electron chi connectivity index (χ1n) is 3.84. The Bertz CT molecular complexity index is 370. The molecular weight excluding hydrogens is 248 g/mol. The van der Waals surface area contributed by atoms with Gasteiger partial charge >= 0.3 is 18.0 Å². The fraction of sp³-hybridized carbons (Fsp3) is 0.500. The van der Waals surface area contributed by atoms with E-state index in [1.165, 1.54) is 0 Å². The number of halogens is 8. The van der Waals surface area contributed by atoms with Gasteiger partial charge in [-0.2, -0.15) is 30.7 Å². The molecule has 1 aliphatic carbocycles. The van der Waals surface area contributed by atoms with Crippen LogP contribution in [0.5, 0.6) is 0 Å². The summed E-state index contributed by atoms with van der Waals surface area (Å²) in [5, 5.41) is 0. The highest BCUT2D eigenvalue weighted by Crippen LogP contribution is 2.56. The van der Waals surface area contributed by atoms with E-state index in [1.807, 2.05) is 0 Å². The SMILES string of the molecule is CC1=C(/C=C(\F)C(F)(F)F)C(F)(F)C1(F)F. The highest BCUT2D eigenvalue weighted by atomic mass is 19.4. The van der Waals surface area contributed by atoms with E-state index in [-0.39, 0.29) is 0 Å². The molecule has 8 heteroatoms. The summed E-state index contributed by atoms with van der Waals surface area (Å²) in [4.78, 5) is 0. The second kappa shape index (κ2) is 3.21. The lowest BCUT2D eigenvalue weighted by Gasteiger charge is -2.38. The van der Waals surface area contributed by atoms with Crippen molar-refractivity contribution >= 4 is 0 Å². The molecule has 16 heavy (non-hydrogen) atoms. The molecule has 1 rings (SSSR count). The van der Waals surface area contributed by atoms with Crippen LogP contribution >= 0.6 is 0 Å². The monoisotopic (exact) mass is 252 g/mol. The van der Waals surface area contributed by atoms with Crippen molar-refractivity contribution in [1.82, 2.24) is 0 Å². The molecule has 0 heterocycles. The van der Waals surface area contributed by atoms with Gasteiger partial charge in [-0.3, -0.25) is 0 Å². The molecule has 0 N–H and O–H groups in total. The fourth-order valence-electron chi connectivity index (χ4n) is 1.15. The van der Waals surface area contributed by atoms with E-state index in [9.17, 15) is 35.1 Å². The van der Waals surface area contributed by atoms with Gasteiger partial charge in [0, 0.05) is 11.1 Å². The lowest BCUT2D eigenvalue weighted by molar-refractivity contribution is -0.187. The smallest absolute Gasteiger partial charge is 0.202 e. The summed E-state index contributed by atoms with van der Waals surface area (Å²) >= 11 is 0. The molecule has 0 nitrogen and oxygen atoms in total. The second-order valence-corrected chi connectivity index (χ2v) is 3.18. The average molecular weight is 252 g/mol. The van der Waals surface area contributed by atoms with Crippen LogP contribution in [0.3, 0.4) is 0 Å². The Labute approximate surface area is 84.2 Å². The van der Waals surface area contributed by atoms with Gasteiger partial charge in [0.15, 0.2) is 0 Å². The quantitative estimate of drug-likeness (QED) is 0.618. The molecule has 0 unspecified atom stereocenters. The summed E-state index contributed by atoms with van der Waals surface area (Å²) in [6, 6.07) is 0. The fourth-order valence-corrected chi connectivity index (χ4v) is 1.15. The van der Waals surface area contributed by atoms with Gasteiger partial charge in [-0.05, 0) is 13.0 Å². The van der Waals surface area contributed by atoms with Crippen LogP contribution in [0.25, 0.3) is 0 Å². The number of hydrogen-bond donors (Lipinski definition) is 0. The molecule has 0 spiro atoms. The van der Waals surface area contributed by atoms with Gasteiger partial charge in [0.25, 0.3) is 0 Å². The predicted molar refractivity (Wildman–Crippen MR) is 37.8 cm³/mol. The Morgan fingerprint density at radius 3 is 1.81 bits per heavy atom. The van der Waals surface area contributed by atoms with E-state index in [2.05, 4.69) is 0 Å². The van der Waals surface area contributed by atoms with Gasteiger partial charge in [-0.1, -0.05) is 0 Å². The van der Waals surface area contributed by atoms with Crippen LogP contribution in [0, 0.1) is 0 Å². The summed E-state index contributed by atoms with van der Waals surface area (Å²) in [5.41, 5.74) is -2.90. The highest BCUT2D eigenvalue weighted by Gasteiger charge is 2.69. The largest absolute Gasteiger partial charge is 0.442 e. The van der Waals surface area contributed by atoms with E-state index < -0.39 is 41.1 Å². The van der Waals surface area contributed by atoms with Gasteiger partial charge in [-0.25, -0.2) is 4.39 Å². The lowest BCUT2D eigenvalue weighted by Crippen LogP contribution is -2.52. The zero-order valence-electron chi connectivity index (χ0n) is 7.60. The van der Waals surface area contributed by atoms with Crippen LogP contribution in [-0.4, -0.2) is 18.0 Å². The molecule has 0 saturated heterocycles. The molecule has 0 fully saturated rings. The minimum Gasteiger partial charge on any atom is -0.202 e. The predicted octanol–water partition coefficient (Wildman–Crippen LogP) is 4.00. The zero-order valence-corrected chi connectivity index (χ0v) is 7.60. The Morgan fingerprint density at radius 1 is 1.06 bits per heavy atom. The molecule has 1 aliphatic rings. The van der Waals surface area contributed by atoms with Crippen molar-refractivity contribution in [3.8, 4) is 0 Å². The van der Waals surface area contributed by atoms with Gasteiger partial charge in [0.05, 0.1) is 0 Å². The molecule has 0 amide bonds. The number of rotatable bonds is 1. The van der Waals surface area contributed by atoms with Crippen LogP contribution in [0.1, 0.15) is 6.92 Å². The third-order valence-corrected chi connectivity index (χ3v) is 2.15. The first-order valence-corrected chi connectivity index (χ1v) is 3.84. The van der Waals surface area contributed by atoms with Gasteiger partial charge in [0.1, 0.15) is 0 Å². The van der Waals surface area contributed by atoms with E-state index in [0.29, 0.717) is 6.92 Å². The maximum Gasteiger partial charge on any atom is 0.442 e. The third-order valence-electron chi connectivity index (χ3n) is 2.15. The molecular formula is C8H4F8. The van der Waals surface area contributed by atoms with Crippen molar-refractivity contribution < 1.29 is 35.1 Å². The molecule has 92 valence electrons. The average Bonchev–Trinajstić information content (AvgIpc) is 2.10. The molecule has 0 bridgehead atoms. The van der Waals surface area contributed by atoms with E-state index in [1.54, 1.807) is 0 Å². The maximum absolute atomic E-state index is 12.6. The molecule has 0 saturated carbocycles. The summed E-state index contributed by atoms with van der Waals surface area (Å²) in [6.07, 6.45) is -6.07. The number of alkyl halides is 7. The van der Waals surface area contributed by atoms with Crippen LogP contribution in [0.15, 0.2) is 23.0 Å². The van der Waals surface area contributed by atoms with Crippen molar-refractivity contribution in [2.75, 3.05) is 0 Å². The molecule has 0 aromatic carbocycles. The van der Waals surface area contributed by atoms with Crippen LogP contribution < -0.4 is 0 Å². The van der Waals surface area contributed by atoms with Gasteiger partial charge in [0.2, 0.25) is 5.83 Å². The minimum atomic E-state index is -5.46. The Kier molecular flexibility index (Phi) is 2.60. The van der Waals surface area contributed by atoms with Crippen molar-refractivity contribution in [2.24, 2.45) is 0 Å². The molecule has 0 atom stereocenters. The minimum absolute atomic E-state index is 0.521. The normalized spacial score (nSPS) is 24.4. The van der Waals surface area contributed by atoms with Crippen molar-refractivity contribution in [2.45, 2.75) is 24.9 Å². The Hall–Kier alpha value is -1.08.